The molecule has 0 aliphatic heterocycles. The number of aromatic carboxylic acids is 1. The summed E-state index contributed by atoms with van der Waals surface area (Å²) in [6, 6.07) is 7.84. The molecule has 0 unspecified atom stereocenters. The predicted octanol–water partition coefficient (Wildman–Crippen LogP) is 2.75. The Morgan fingerprint density at radius 2 is 1.83 bits per heavy atom. The SMILES string of the molecule is Cc1ccc(C(=O)O)cc1Nc1ccc(S(C)(=O)=O)cc1[N+](=O)[O-]. The van der Waals surface area contributed by atoms with Crippen molar-refractivity contribution in [2.24, 2.45) is 0 Å². The van der Waals surface area contributed by atoms with Gasteiger partial charge in [0.15, 0.2) is 9.84 Å². The first-order chi connectivity index (χ1) is 11.1. The highest BCUT2D eigenvalue weighted by atomic mass is 32.2. The van der Waals surface area contributed by atoms with E-state index in [0.717, 1.165) is 12.3 Å². The van der Waals surface area contributed by atoms with Crippen LogP contribution in [0.15, 0.2) is 41.3 Å². The van der Waals surface area contributed by atoms with Crippen LogP contribution in [-0.2, 0) is 9.84 Å². The molecule has 0 bridgehead atoms. The van der Waals surface area contributed by atoms with Crippen molar-refractivity contribution in [3.8, 4) is 0 Å². The first-order valence-electron chi connectivity index (χ1n) is 6.69. The number of nitro benzene ring substituents is 1. The van der Waals surface area contributed by atoms with Gasteiger partial charge in [0.1, 0.15) is 5.69 Å². The van der Waals surface area contributed by atoms with Gasteiger partial charge in [-0.05, 0) is 36.8 Å². The Morgan fingerprint density at radius 1 is 1.17 bits per heavy atom. The van der Waals surface area contributed by atoms with Crippen LogP contribution in [0, 0.1) is 17.0 Å². The second-order valence-corrected chi connectivity index (χ2v) is 7.18. The topological polar surface area (TPSA) is 127 Å². The van der Waals surface area contributed by atoms with Gasteiger partial charge in [-0.25, -0.2) is 13.2 Å². The van der Waals surface area contributed by atoms with Crippen LogP contribution in [0.4, 0.5) is 17.1 Å². The van der Waals surface area contributed by atoms with Gasteiger partial charge in [-0.3, -0.25) is 10.1 Å². The molecule has 0 saturated heterocycles. The van der Waals surface area contributed by atoms with Gasteiger partial charge in [0, 0.05) is 18.0 Å². The maximum Gasteiger partial charge on any atom is 0.335 e. The van der Waals surface area contributed by atoms with Crippen molar-refractivity contribution >= 4 is 32.9 Å². The summed E-state index contributed by atoms with van der Waals surface area (Å²) in [6.07, 6.45) is 0.958. The molecule has 9 heteroatoms. The fourth-order valence-electron chi connectivity index (χ4n) is 2.03. The van der Waals surface area contributed by atoms with Crippen molar-refractivity contribution in [3.63, 3.8) is 0 Å². The average molecular weight is 350 g/mol. The molecular formula is C15H14N2O6S. The van der Waals surface area contributed by atoms with E-state index < -0.39 is 26.4 Å². The third-order valence-electron chi connectivity index (χ3n) is 3.35. The summed E-state index contributed by atoms with van der Waals surface area (Å²) < 4.78 is 23.1. The summed E-state index contributed by atoms with van der Waals surface area (Å²) in [5.41, 5.74) is 0.737. The highest BCUT2D eigenvalue weighted by molar-refractivity contribution is 7.90. The van der Waals surface area contributed by atoms with E-state index in [0.29, 0.717) is 11.3 Å². The molecule has 0 radical (unpaired) electrons. The lowest BCUT2D eigenvalue weighted by molar-refractivity contribution is -0.384. The van der Waals surface area contributed by atoms with Gasteiger partial charge in [-0.15, -0.1) is 0 Å². The standard InChI is InChI=1S/C15H14N2O6S/c1-9-3-4-10(15(18)19)7-13(9)16-12-6-5-11(24(2,22)23)8-14(12)17(20)21/h3-8,16H,1-2H3,(H,18,19). The first-order valence-corrected chi connectivity index (χ1v) is 8.58. The smallest absolute Gasteiger partial charge is 0.335 e. The summed E-state index contributed by atoms with van der Waals surface area (Å²) >= 11 is 0. The molecule has 0 aliphatic carbocycles. The highest BCUT2D eigenvalue weighted by Crippen LogP contribution is 2.31. The summed E-state index contributed by atoms with van der Waals surface area (Å²) in [4.78, 5) is 21.4. The number of nitro groups is 1. The molecule has 8 nitrogen and oxygen atoms in total. The van der Waals surface area contributed by atoms with E-state index >= 15 is 0 Å². The summed E-state index contributed by atoms with van der Waals surface area (Å²) in [5.74, 6) is -1.13. The zero-order chi connectivity index (χ0) is 18.1. The van der Waals surface area contributed by atoms with E-state index in [4.69, 9.17) is 5.11 Å². The summed E-state index contributed by atoms with van der Waals surface area (Å²) in [5, 5.41) is 23.1. The van der Waals surface area contributed by atoms with Crippen molar-refractivity contribution < 1.29 is 23.2 Å². The fraction of sp³-hybridized carbons (Fsp3) is 0.133. The number of nitrogens with one attached hydrogen (secondary N) is 1. The molecule has 2 aromatic rings. The Kier molecular flexibility index (Phi) is 4.56. The molecule has 0 heterocycles. The van der Waals surface area contributed by atoms with E-state index in [1.807, 2.05) is 0 Å². The van der Waals surface area contributed by atoms with Gasteiger partial charge < -0.3 is 10.4 Å². The summed E-state index contributed by atoms with van der Waals surface area (Å²) in [7, 11) is -3.58. The maximum absolute atomic E-state index is 11.5. The average Bonchev–Trinajstić information content (AvgIpc) is 2.48. The Morgan fingerprint density at radius 3 is 2.38 bits per heavy atom. The molecule has 0 fully saturated rings. The van der Waals surface area contributed by atoms with E-state index in [1.165, 1.54) is 24.3 Å². The van der Waals surface area contributed by atoms with Crippen molar-refractivity contribution in [1.29, 1.82) is 0 Å². The molecule has 0 amide bonds. The Labute approximate surface area is 137 Å². The minimum Gasteiger partial charge on any atom is -0.478 e. The van der Waals surface area contributed by atoms with Crippen molar-refractivity contribution in [3.05, 3.63) is 57.6 Å². The van der Waals surface area contributed by atoms with Crippen LogP contribution < -0.4 is 5.32 Å². The first kappa shape index (κ1) is 17.4. The van der Waals surface area contributed by atoms with Crippen LogP contribution in [0.1, 0.15) is 15.9 Å². The molecule has 24 heavy (non-hydrogen) atoms. The molecule has 2 rings (SSSR count). The normalized spacial score (nSPS) is 11.1. The molecule has 0 spiro atoms. The van der Waals surface area contributed by atoms with Gasteiger partial charge >= 0.3 is 5.97 Å². The van der Waals surface area contributed by atoms with Crippen LogP contribution in [0.2, 0.25) is 0 Å². The van der Waals surface area contributed by atoms with Crippen LogP contribution in [0.25, 0.3) is 0 Å². The van der Waals surface area contributed by atoms with Crippen molar-refractivity contribution in [2.75, 3.05) is 11.6 Å². The number of rotatable bonds is 5. The van der Waals surface area contributed by atoms with Crippen molar-refractivity contribution in [2.45, 2.75) is 11.8 Å². The van der Waals surface area contributed by atoms with Gasteiger partial charge in [0.25, 0.3) is 5.69 Å². The van der Waals surface area contributed by atoms with Gasteiger partial charge in [0.2, 0.25) is 0 Å². The Balaban J connectivity index is 2.52. The lowest BCUT2D eigenvalue weighted by Gasteiger charge is -2.11. The predicted molar refractivity (Wildman–Crippen MR) is 87.6 cm³/mol. The third-order valence-corrected chi connectivity index (χ3v) is 4.46. The molecule has 0 aromatic heterocycles. The van der Waals surface area contributed by atoms with Crippen LogP contribution in [-0.4, -0.2) is 30.7 Å². The maximum atomic E-state index is 11.5. The minimum absolute atomic E-state index is 0.0264. The molecule has 126 valence electrons. The number of sulfone groups is 1. The number of hydrogen-bond acceptors (Lipinski definition) is 6. The largest absolute Gasteiger partial charge is 0.478 e. The number of aryl methyl sites for hydroxylation is 1. The van der Waals surface area contributed by atoms with Crippen LogP contribution in [0.3, 0.4) is 0 Å². The zero-order valence-corrected chi connectivity index (χ0v) is 13.6. The number of carboxylic acids is 1. The molecular weight excluding hydrogens is 336 g/mol. The van der Waals surface area contributed by atoms with Crippen LogP contribution in [0.5, 0.6) is 0 Å². The van der Waals surface area contributed by atoms with E-state index in [1.54, 1.807) is 13.0 Å². The van der Waals surface area contributed by atoms with E-state index in [-0.39, 0.29) is 16.1 Å². The van der Waals surface area contributed by atoms with Crippen LogP contribution >= 0.6 is 0 Å². The molecule has 0 saturated carbocycles. The molecule has 0 aliphatic rings. The fourth-order valence-corrected chi connectivity index (χ4v) is 2.67. The second-order valence-electron chi connectivity index (χ2n) is 5.17. The zero-order valence-electron chi connectivity index (χ0n) is 12.8. The third kappa shape index (κ3) is 3.69. The molecule has 2 aromatic carbocycles. The molecule has 0 atom stereocenters. The number of anilines is 2. The summed E-state index contributed by atoms with van der Waals surface area (Å²) in [6.45, 7) is 1.71. The minimum atomic E-state index is -3.58. The number of hydrogen-bond donors (Lipinski definition) is 2. The van der Waals surface area contributed by atoms with Gasteiger partial charge in [-0.2, -0.15) is 0 Å². The number of nitrogens with zero attached hydrogens (tertiary/aromatic N) is 1. The highest BCUT2D eigenvalue weighted by Gasteiger charge is 2.19. The lowest BCUT2D eigenvalue weighted by Crippen LogP contribution is -2.04. The number of carboxylic acid groups (broad SMARTS) is 1. The Bertz CT molecular complexity index is 937. The number of benzene rings is 2. The second kappa shape index (κ2) is 6.28. The molecule has 2 N–H and O–H groups in total. The van der Waals surface area contributed by atoms with E-state index in [9.17, 15) is 23.3 Å². The van der Waals surface area contributed by atoms with E-state index in [2.05, 4.69) is 5.32 Å². The van der Waals surface area contributed by atoms with Gasteiger partial charge in [-0.1, -0.05) is 6.07 Å². The number of carbonyl (C=O) groups is 1. The van der Waals surface area contributed by atoms with Crippen molar-refractivity contribution in [1.82, 2.24) is 0 Å². The lowest BCUT2D eigenvalue weighted by atomic mass is 10.1. The quantitative estimate of drug-likeness (QED) is 0.627. The van der Waals surface area contributed by atoms with Gasteiger partial charge in [0.05, 0.1) is 15.4 Å². The monoisotopic (exact) mass is 350 g/mol. The Hall–Kier alpha value is -2.94.